The number of rotatable bonds is 10. The zero-order valence-electron chi connectivity index (χ0n) is 22.4. The van der Waals surface area contributed by atoms with Gasteiger partial charge in [-0.3, -0.25) is 9.59 Å². The maximum atomic E-state index is 13.3. The Morgan fingerprint density at radius 2 is 1.67 bits per heavy atom. The molecule has 1 aliphatic carbocycles. The van der Waals surface area contributed by atoms with Gasteiger partial charge in [-0.1, -0.05) is 33.8 Å². The van der Waals surface area contributed by atoms with Gasteiger partial charge < -0.3 is 28.1 Å². The van der Waals surface area contributed by atoms with Gasteiger partial charge >= 0.3 is 5.97 Å². The van der Waals surface area contributed by atoms with E-state index in [1.54, 1.807) is 0 Å². The minimum Gasteiger partial charge on any atom is -0.469 e. The highest BCUT2D eigenvalue weighted by Crippen LogP contribution is 2.48. The molecule has 0 aromatic carbocycles. The van der Waals surface area contributed by atoms with Gasteiger partial charge in [0.05, 0.1) is 25.7 Å². The lowest BCUT2D eigenvalue weighted by atomic mass is 9.86. The number of ether oxygens (including phenoxy) is 5. The van der Waals surface area contributed by atoms with Crippen LogP contribution in [0.1, 0.15) is 72.1 Å². The molecule has 1 spiro atoms. The van der Waals surface area contributed by atoms with E-state index in [-0.39, 0.29) is 36.5 Å². The Hall–Kier alpha value is -1.10. The summed E-state index contributed by atoms with van der Waals surface area (Å²) in [5.74, 6) is -1.14. The molecule has 1 saturated carbocycles. The molecular weight excluding hydrogens is 480 g/mol. The van der Waals surface area contributed by atoms with Crippen molar-refractivity contribution in [2.45, 2.75) is 139 Å². The summed E-state index contributed by atoms with van der Waals surface area (Å²) < 4.78 is 38.2. The Balaban J connectivity index is 1.64. The first-order valence-electron chi connectivity index (χ1n) is 13.9. The molecule has 0 bridgehead atoms. The molecule has 0 aromatic rings. The highest BCUT2D eigenvalue weighted by molar-refractivity contribution is 6.73. The van der Waals surface area contributed by atoms with Crippen LogP contribution in [-0.4, -0.2) is 75.7 Å². The van der Waals surface area contributed by atoms with E-state index in [9.17, 15) is 9.59 Å². The molecule has 204 valence electrons. The van der Waals surface area contributed by atoms with E-state index in [4.69, 9.17) is 28.1 Å². The Labute approximate surface area is 216 Å². The lowest BCUT2D eigenvalue weighted by Crippen LogP contribution is -2.64. The van der Waals surface area contributed by atoms with Gasteiger partial charge in [0.2, 0.25) is 0 Å². The molecule has 4 fully saturated rings. The third-order valence-electron chi connectivity index (χ3n) is 8.82. The first-order chi connectivity index (χ1) is 17.3. The monoisotopic (exact) mass is 524 g/mol. The summed E-state index contributed by atoms with van der Waals surface area (Å²) in [6.07, 6.45) is 4.63. The molecule has 0 N–H and O–H groups in total. The molecule has 7 atom stereocenters. The Morgan fingerprint density at radius 3 is 2.28 bits per heavy atom. The average Bonchev–Trinajstić information content (AvgIpc) is 3.28. The van der Waals surface area contributed by atoms with Crippen LogP contribution in [0.2, 0.25) is 18.1 Å². The van der Waals surface area contributed by atoms with Crippen molar-refractivity contribution in [3.8, 4) is 0 Å². The van der Waals surface area contributed by atoms with Crippen molar-refractivity contribution in [2.24, 2.45) is 0 Å². The van der Waals surface area contributed by atoms with Crippen molar-refractivity contribution in [3.05, 3.63) is 12.7 Å². The van der Waals surface area contributed by atoms with Crippen LogP contribution in [0, 0.1) is 0 Å². The topological polar surface area (TPSA) is 89.5 Å². The summed E-state index contributed by atoms with van der Waals surface area (Å²) in [7, 11) is -0.749. The Morgan fingerprint density at radius 1 is 1.00 bits per heavy atom. The van der Waals surface area contributed by atoms with Crippen LogP contribution in [0.4, 0.5) is 0 Å². The van der Waals surface area contributed by atoms with Gasteiger partial charge in [-0.05, 0) is 49.9 Å². The number of carbonyl (C=O) groups excluding carboxylic acids is 2. The minimum atomic E-state index is -2.14. The van der Waals surface area contributed by atoms with Gasteiger partial charge in [0.1, 0.15) is 30.5 Å². The number of methoxy groups -OCH3 is 1. The predicted molar refractivity (Wildman–Crippen MR) is 136 cm³/mol. The fourth-order valence-electron chi connectivity index (χ4n) is 6.43. The van der Waals surface area contributed by atoms with Crippen LogP contribution in [0.5, 0.6) is 0 Å². The molecule has 4 rings (SSSR count). The fourth-order valence-corrected chi connectivity index (χ4v) is 9.22. The summed E-state index contributed by atoms with van der Waals surface area (Å²) in [5.41, 5.74) is 0. The third kappa shape index (κ3) is 5.52. The first-order valence-corrected chi connectivity index (χ1v) is 16.4. The highest BCUT2D eigenvalue weighted by Gasteiger charge is 2.62. The van der Waals surface area contributed by atoms with Crippen LogP contribution in [0.15, 0.2) is 12.7 Å². The molecule has 3 aliphatic heterocycles. The van der Waals surface area contributed by atoms with Gasteiger partial charge in [-0.15, -0.1) is 0 Å². The quantitative estimate of drug-likeness (QED) is 0.235. The lowest BCUT2D eigenvalue weighted by molar-refractivity contribution is -0.250. The van der Waals surface area contributed by atoms with Crippen LogP contribution in [0.25, 0.3) is 0 Å². The molecule has 3 heterocycles. The van der Waals surface area contributed by atoms with E-state index in [0.717, 1.165) is 50.2 Å². The zero-order valence-corrected chi connectivity index (χ0v) is 23.4. The van der Waals surface area contributed by atoms with Crippen LogP contribution < -0.4 is 0 Å². The number of fused-ring (bicyclic) bond motifs is 3. The lowest BCUT2D eigenvalue weighted by Gasteiger charge is -2.48. The van der Waals surface area contributed by atoms with Gasteiger partial charge in [0.25, 0.3) is 0 Å². The Kier molecular flexibility index (Phi) is 9.11. The SMILES string of the molecule is C=CC(=O)C(O[Si](CC)(CC)CC)[C@@H]1O[C@H]2CC[C@H](CC(=O)OC)O[C@@H]2[C@@H]2OC3(CCCCC3)O[C@@H]21. The fraction of sp³-hybridized carbons (Fsp3) is 0.852. The van der Waals surface area contributed by atoms with Crippen molar-refractivity contribution in [1.29, 1.82) is 0 Å². The van der Waals surface area contributed by atoms with Gasteiger partial charge in [-0.2, -0.15) is 0 Å². The maximum Gasteiger partial charge on any atom is 0.308 e. The molecule has 1 unspecified atom stereocenters. The molecule has 3 saturated heterocycles. The summed E-state index contributed by atoms with van der Waals surface area (Å²) in [6.45, 7) is 10.2. The molecule has 0 amide bonds. The molecule has 0 aromatic heterocycles. The number of hydrogen-bond acceptors (Lipinski definition) is 8. The molecule has 36 heavy (non-hydrogen) atoms. The minimum absolute atomic E-state index is 0.169. The number of hydrogen-bond donors (Lipinski definition) is 0. The van der Waals surface area contributed by atoms with Gasteiger partial charge in [-0.25, -0.2) is 0 Å². The maximum absolute atomic E-state index is 13.3. The zero-order chi connectivity index (χ0) is 25.9. The Bertz CT molecular complexity index is 784. The van der Waals surface area contributed by atoms with E-state index in [1.165, 1.54) is 13.2 Å². The van der Waals surface area contributed by atoms with Crippen LogP contribution in [0.3, 0.4) is 0 Å². The number of ketones is 1. The van der Waals surface area contributed by atoms with Crippen molar-refractivity contribution < 1.29 is 37.7 Å². The molecule has 8 nitrogen and oxygen atoms in total. The molecule has 4 aliphatic rings. The summed E-state index contributed by atoms with van der Waals surface area (Å²) in [6, 6.07) is 2.77. The predicted octanol–water partition coefficient (Wildman–Crippen LogP) is 4.45. The molecule has 0 radical (unpaired) electrons. The standard InChI is InChI=1S/C27H44O8Si/c1-6-19(28)22(35-36(7-2,8-3)9-4)24-26-25(33-27(34-26)15-11-10-12-16-27)23-20(32-24)14-13-18(31-23)17-21(29)30-5/h6,18,20,22-26H,1,7-17H2,2-5H3/t18-,20+,22?,23+,24+,25+,26-/m1/s1. The van der Waals surface area contributed by atoms with Crippen molar-refractivity contribution in [3.63, 3.8) is 0 Å². The van der Waals surface area contributed by atoms with E-state index in [0.29, 0.717) is 12.8 Å². The molecular formula is C27H44O8Si. The van der Waals surface area contributed by atoms with Crippen molar-refractivity contribution in [1.82, 2.24) is 0 Å². The molecule has 9 heteroatoms. The van der Waals surface area contributed by atoms with Gasteiger partial charge in [0, 0.05) is 12.8 Å². The van der Waals surface area contributed by atoms with Crippen LogP contribution in [-0.2, 0) is 37.7 Å². The number of esters is 1. The van der Waals surface area contributed by atoms with Crippen molar-refractivity contribution in [2.75, 3.05) is 7.11 Å². The van der Waals surface area contributed by atoms with E-state index in [1.807, 2.05) is 0 Å². The number of carbonyl (C=O) groups is 2. The second kappa shape index (κ2) is 11.7. The normalized spacial score (nSPS) is 34.4. The van der Waals surface area contributed by atoms with E-state index >= 15 is 0 Å². The van der Waals surface area contributed by atoms with Crippen LogP contribution >= 0.6 is 0 Å². The average molecular weight is 525 g/mol. The summed E-state index contributed by atoms with van der Waals surface area (Å²) in [4.78, 5) is 25.2. The summed E-state index contributed by atoms with van der Waals surface area (Å²) >= 11 is 0. The largest absolute Gasteiger partial charge is 0.469 e. The first kappa shape index (κ1) is 27.9. The highest BCUT2D eigenvalue weighted by atomic mass is 28.4. The second-order valence-electron chi connectivity index (χ2n) is 10.7. The van der Waals surface area contributed by atoms with Crippen molar-refractivity contribution >= 4 is 20.1 Å². The van der Waals surface area contributed by atoms with Gasteiger partial charge in [0.15, 0.2) is 19.9 Å². The summed E-state index contributed by atoms with van der Waals surface area (Å²) in [5, 5.41) is 0. The third-order valence-corrected chi connectivity index (χ3v) is 13.4. The smallest absolute Gasteiger partial charge is 0.308 e. The van der Waals surface area contributed by atoms with E-state index < -0.39 is 38.5 Å². The van der Waals surface area contributed by atoms with E-state index in [2.05, 4.69) is 27.4 Å². The second-order valence-corrected chi connectivity index (χ2v) is 15.5.